The highest BCUT2D eigenvalue weighted by Gasteiger charge is 2.12. The maximum Gasteiger partial charge on any atom is 0.305 e. The SMILES string of the molecule is CCCn1cc(Cl)cc1C(=O)NCCCC(=O)OCC. The molecule has 0 aromatic carbocycles. The molecule has 0 aliphatic rings. The van der Waals surface area contributed by atoms with Crippen LogP contribution in [-0.2, 0) is 16.1 Å². The number of ether oxygens (including phenoxy) is 1. The number of hydrogen-bond donors (Lipinski definition) is 1. The lowest BCUT2D eigenvalue weighted by atomic mass is 10.3. The van der Waals surface area contributed by atoms with Gasteiger partial charge in [0, 0.05) is 25.7 Å². The molecule has 0 spiro atoms. The van der Waals surface area contributed by atoms with Gasteiger partial charge in [0.15, 0.2) is 0 Å². The summed E-state index contributed by atoms with van der Waals surface area (Å²) in [4.78, 5) is 23.2. The van der Waals surface area contributed by atoms with Crippen molar-refractivity contribution in [2.75, 3.05) is 13.2 Å². The molecule has 1 N–H and O–H groups in total. The van der Waals surface area contributed by atoms with Crippen molar-refractivity contribution in [3.8, 4) is 0 Å². The lowest BCUT2D eigenvalue weighted by Crippen LogP contribution is -2.27. The summed E-state index contributed by atoms with van der Waals surface area (Å²) in [5.74, 6) is -0.409. The molecule has 0 aliphatic carbocycles. The number of carbonyl (C=O) groups is 2. The summed E-state index contributed by atoms with van der Waals surface area (Å²) in [6, 6.07) is 1.65. The molecule has 0 fully saturated rings. The first-order valence-electron chi connectivity index (χ1n) is 6.88. The number of nitrogens with one attached hydrogen (secondary N) is 1. The fourth-order valence-electron chi connectivity index (χ4n) is 1.85. The topological polar surface area (TPSA) is 60.3 Å². The monoisotopic (exact) mass is 300 g/mol. The summed E-state index contributed by atoms with van der Waals surface area (Å²) >= 11 is 5.92. The van der Waals surface area contributed by atoms with Gasteiger partial charge >= 0.3 is 5.97 Å². The minimum Gasteiger partial charge on any atom is -0.466 e. The summed E-state index contributed by atoms with van der Waals surface area (Å²) in [5, 5.41) is 3.33. The molecule has 6 heteroatoms. The van der Waals surface area contributed by atoms with Crippen LogP contribution >= 0.6 is 11.6 Å². The Bertz CT molecular complexity index is 457. The molecule has 1 aromatic heterocycles. The summed E-state index contributed by atoms with van der Waals surface area (Å²) in [7, 11) is 0. The molecule has 1 aromatic rings. The number of rotatable bonds is 8. The first-order chi connectivity index (χ1) is 9.58. The molecule has 112 valence electrons. The van der Waals surface area contributed by atoms with E-state index in [2.05, 4.69) is 5.32 Å². The van der Waals surface area contributed by atoms with Crippen LogP contribution in [0.5, 0.6) is 0 Å². The molecule has 0 unspecified atom stereocenters. The van der Waals surface area contributed by atoms with E-state index in [4.69, 9.17) is 16.3 Å². The first kappa shape index (κ1) is 16.6. The molecule has 1 rings (SSSR count). The van der Waals surface area contributed by atoms with E-state index in [0.717, 1.165) is 13.0 Å². The quantitative estimate of drug-likeness (QED) is 0.593. The third-order valence-electron chi connectivity index (χ3n) is 2.71. The number of aromatic nitrogens is 1. The molecule has 20 heavy (non-hydrogen) atoms. The van der Waals surface area contributed by atoms with Crippen molar-refractivity contribution in [1.82, 2.24) is 9.88 Å². The zero-order valence-electron chi connectivity index (χ0n) is 11.9. The van der Waals surface area contributed by atoms with Crippen LogP contribution in [0.4, 0.5) is 0 Å². The van der Waals surface area contributed by atoms with Crippen LogP contribution in [0.2, 0.25) is 5.02 Å². The van der Waals surface area contributed by atoms with E-state index >= 15 is 0 Å². The number of carbonyl (C=O) groups excluding carboxylic acids is 2. The van der Waals surface area contributed by atoms with Gasteiger partial charge in [-0.15, -0.1) is 0 Å². The van der Waals surface area contributed by atoms with Gasteiger partial charge in [0.1, 0.15) is 5.69 Å². The number of halogens is 1. The molecule has 0 aliphatic heterocycles. The molecule has 1 amide bonds. The van der Waals surface area contributed by atoms with Crippen LogP contribution in [0, 0.1) is 0 Å². The van der Waals surface area contributed by atoms with E-state index in [1.165, 1.54) is 0 Å². The fourth-order valence-corrected chi connectivity index (χ4v) is 2.07. The van der Waals surface area contributed by atoms with E-state index in [1.54, 1.807) is 19.2 Å². The molecular formula is C14H21ClN2O3. The third-order valence-corrected chi connectivity index (χ3v) is 2.92. The molecule has 0 saturated carbocycles. The largest absolute Gasteiger partial charge is 0.466 e. The van der Waals surface area contributed by atoms with Gasteiger partial charge in [-0.05, 0) is 25.8 Å². The standard InChI is InChI=1S/C14H21ClN2O3/c1-3-8-17-10-11(15)9-12(17)14(19)16-7-5-6-13(18)20-4-2/h9-10H,3-8H2,1-2H3,(H,16,19). The molecule has 0 radical (unpaired) electrons. The molecule has 1 heterocycles. The number of hydrogen-bond acceptors (Lipinski definition) is 3. The van der Waals surface area contributed by atoms with E-state index in [9.17, 15) is 9.59 Å². The Morgan fingerprint density at radius 3 is 2.80 bits per heavy atom. The normalized spacial score (nSPS) is 10.3. The summed E-state index contributed by atoms with van der Waals surface area (Å²) in [6.07, 6.45) is 3.55. The van der Waals surface area contributed by atoms with Crippen LogP contribution in [0.25, 0.3) is 0 Å². The molecule has 0 bridgehead atoms. The highest BCUT2D eigenvalue weighted by atomic mass is 35.5. The Labute approximate surface area is 124 Å². The van der Waals surface area contributed by atoms with Crippen molar-refractivity contribution >= 4 is 23.5 Å². The molecule has 0 saturated heterocycles. The summed E-state index contributed by atoms with van der Waals surface area (Å²) < 4.78 is 6.65. The average Bonchev–Trinajstić information content (AvgIpc) is 2.76. The Balaban J connectivity index is 2.41. The number of esters is 1. The van der Waals surface area contributed by atoms with E-state index < -0.39 is 0 Å². The van der Waals surface area contributed by atoms with E-state index in [-0.39, 0.29) is 11.9 Å². The van der Waals surface area contributed by atoms with Crippen molar-refractivity contribution in [2.45, 2.75) is 39.7 Å². The highest BCUT2D eigenvalue weighted by molar-refractivity contribution is 6.31. The van der Waals surface area contributed by atoms with Gasteiger partial charge in [-0.25, -0.2) is 0 Å². The van der Waals surface area contributed by atoms with E-state index in [0.29, 0.717) is 36.7 Å². The predicted molar refractivity (Wildman–Crippen MR) is 77.9 cm³/mol. The minimum atomic E-state index is -0.237. The van der Waals surface area contributed by atoms with Gasteiger partial charge in [-0.2, -0.15) is 0 Å². The number of aryl methyl sites for hydroxylation is 1. The Kier molecular flexibility index (Phi) is 7.15. The predicted octanol–water partition coefficient (Wildman–Crippen LogP) is 2.62. The Morgan fingerprint density at radius 1 is 1.40 bits per heavy atom. The average molecular weight is 301 g/mol. The van der Waals surface area contributed by atoms with Crippen LogP contribution in [0.15, 0.2) is 12.3 Å². The summed E-state index contributed by atoms with van der Waals surface area (Å²) in [6.45, 7) is 5.37. The zero-order chi connectivity index (χ0) is 15.0. The van der Waals surface area contributed by atoms with Crippen molar-refractivity contribution < 1.29 is 14.3 Å². The number of nitrogens with zero attached hydrogens (tertiary/aromatic N) is 1. The summed E-state index contributed by atoms with van der Waals surface area (Å²) in [5.41, 5.74) is 0.549. The fraction of sp³-hybridized carbons (Fsp3) is 0.571. The van der Waals surface area contributed by atoms with Gasteiger partial charge in [0.2, 0.25) is 0 Å². The van der Waals surface area contributed by atoms with Crippen molar-refractivity contribution in [1.29, 1.82) is 0 Å². The van der Waals surface area contributed by atoms with Gasteiger partial charge in [-0.1, -0.05) is 18.5 Å². The molecule has 5 nitrogen and oxygen atoms in total. The van der Waals surface area contributed by atoms with Crippen LogP contribution in [0.1, 0.15) is 43.6 Å². The van der Waals surface area contributed by atoms with E-state index in [1.807, 2.05) is 11.5 Å². The van der Waals surface area contributed by atoms with Gasteiger partial charge in [-0.3, -0.25) is 9.59 Å². The molecular weight excluding hydrogens is 280 g/mol. The maximum atomic E-state index is 12.0. The van der Waals surface area contributed by atoms with Crippen LogP contribution < -0.4 is 5.32 Å². The second-order valence-corrected chi connectivity index (χ2v) is 4.84. The first-order valence-corrected chi connectivity index (χ1v) is 7.25. The van der Waals surface area contributed by atoms with Crippen LogP contribution in [0.3, 0.4) is 0 Å². The lowest BCUT2D eigenvalue weighted by molar-refractivity contribution is -0.143. The zero-order valence-corrected chi connectivity index (χ0v) is 12.7. The van der Waals surface area contributed by atoms with Crippen LogP contribution in [-0.4, -0.2) is 29.6 Å². The maximum absolute atomic E-state index is 12.0. The number of amides is 1. The van der Waals surface area contributed by atoms with Gasteiger partial charge < -0.3 is 14.6 Å². The third kappa shape index (κ3) is 5.25. The lowest BCUT2D eigenvalue weighted by Gasteiger charge is -2.08. The van der Waals surface area contributed by atoms with Gasteiger partial charge in [0.05, 0.1) is 11.6 Å². The van der Waals surface area contributed by atoms with Crippen molar-refractivity contribution in [2.24, 2.45) is 0 Å². The minimum absolute atomic E-state index is 0.172. The molecule has 0 atom stereocenters. The highest BCUT2D eigenvalue weighted by Crippen LogP contribution is 2.14. The van der Waals surface area contributed by atoms with Crippen molar-refractivity contribution in [3.05, 3.63) is 23.0 Å². The smallest absolute Gasteiger partial charge is 0.305 e. The second-order valence-electron chi connectivity index (χ2n) is 4.40. The van der Waals surface area contributed by atoms with Gasteiger partial charge in [0.25, 0.3) is 5.91 Å². The van der Waals surface area contributed by atoms with Crippen molar-refractivity contribution in [3.63, 3.8) is 0 Å². The Morgan fingerprint density at radius 2 is 2.15 bits per heavy atom. The Hall–Kier alpha value is -1.49. The second kappa shape index (κ2) is 8.64.